The molecule has 0 aromatic heterocycles. The zero-order valence-electron chi connectivity index (χ0n) is 20.3. The zero-order valence-corrected chi connectivity index (χ0v) is 21.0. The van der Waals surface area contributed by atoms with Crippen molar-refractivity contribution < 1.29 is 4.79 Å². The van der Waals surface area contributed by atoms with Crippen LogP contribution in [0, 0.1) is 18.8 Å². The van der Waals surface area contributed by atoms with Crippen molar-refractivity contribution in [1.29, 1.82) is 0 Å². The summed E-state index contributed by atoms with van der Waals surface area (Å²) in [5, 5.41) is 0.821. The van der Waals surface area contributed by atoms with E-state index in [4.69, 9.17) is 11.6 Å². The number of halogens is 1. The van der Waals surface area contributed by atoms with Crippen LogP contribution in [0.15, 0.2) is 35.4 Å². The van der Waals surface area contributed by atoms with Crippen molar-refractivity contribution in [3.05, 3.63) is 51.6 Å². The fourth-order valence-electron chi connectivity index (χ4n) is 5.61. The van der Waals surface area contributed by atoms with Crippen LogP contribution in [-0.2, 0) is 11.2 Å². The molecule has 1 unspecified atom stereocenters. The summed E-state index contributed by atoms with van der Waals surface area (Å²) in [6.07, 6.45) is 12.1. The third kappa shape index (κ3) is 5.66. The maximum absolute atomic E-state index is 12.4. The fourth-order valence-corrected chi connectivity index (χ4v) is 5.85. The Hall–Kier alpha value is -1.58. The van der Waals surface area contributed by atoms with Gasteiger partial charge in [0.05, 0.1) is 0 Å². The first-order chi connectivity index (χ1) is 15.3. The summed E-state index contributed by atoms with van der Waals surface area (Å²) in [6, 6.07) is 4.85. The fraction of sp³-hybridized carbons (Fsp3) is 0.607. The van der Waals surface area contributed by atoms with Gasteiger partial charge in [-0.2, -0.15) is 0 Å². The maximum atomic E-state index is 12.4. The minimum absolute atomic E-state index is 0.0427. The highest BCUT2D eigenvalue weighted by molar-refractivity contribution is 6.31. The average molecular weight is 455 g/mol. The van der Waals surface area contributed by atoms with Gasteiger partial charge in [0.2, 0.25) is 0 Å². The average Bonchev–Trinajstić information content (AvgIpc) is 3.56. The highest BCUT2D eigenvalue weighted by atomic mass is 35.5. The highest BCUT2D eigenvalue weighted by Gasteiger charge is 2.29. The predicted molar refractivity (Wildman–Crippen MR) is 136 cm³/mol. The van der Waals surface area contributed by atoms with E-state index in [1.54, 1.807) is 6.08 Å². The molecule has 2 fully saturated rings. The Kier molecular flexibility index (Phi) is 7.47. The van der Waals surface area contributed by atoms with E-state index >= 15 is 0 Å². The molecule has 1 saturated carbocycles. The Morgan fingerprint density at radius 3 is 2.44 bits per heavy atom. The minimum atomic E-state index is 0.0427. The summed E-state index contributed by atoms with van der Waals surface area (Å²) in [7, 11) is 2.24. The molecule has 1 aromatic rings. The molecule has 1 aliphatic heterocycles. The number of anilines is 1. The molecule has 1 saturated heterocycles. The van der Waals surface area contributed by atoms with Gasteiger partial charge in [0.25, 0.3) is 0 Å². The molecule has 3 aliphatic rings. The van der Waals surface area contributed by atoms with E-state index in [9.17, 15) is 4.79 Å². The van der Waals surface area contributed by atoms with Crippen molar-refractivity contribution in [2.24, 2.45) is 11.8 Å². The van der Waals surface area contributed by atoms with Gasteiger partial charge in [0.15, 0.2) is 5.78 Å². The van der Waals surface area contributed by atoms with Crippen molar-refractivity contribution in [2.45, 2.75) is 71.8 Å². The lowest BCUT2D eigenvalue weighted by Gasteiger charge is -2.38. The zero-order chi connectivity index (χ0) is 22.8. The molecule has 32 heavy (non-hydrogen) atoms. The van der Waals surface area contributed by atoms with Crippen LogP contribution in [0.2, 0.25) is 5.02 Å². The van der Waals surface area contributed by atoms with Gasteiger partial charge in [0, 0.05) is 49.4 Å². The lowest BCUT2D eigenvalue weighted by molar-refractivity contribution is -0.117. The molecule has 4 heteroatoms. The van der Waals surface area contributed by atoms with Crippen molar-refractivity contribution >= 4 is 23.1 Å². The SMILES string of the molecule is CC1=CC(=O)C(CCCc2cc(Cl)cc(N(C)C3CCN(CC4CC4)CC3)c2C)C(C)=C1. The molecule has 174 valence electrons. The number of allylic oxidation sites excluding steroid dienone is 4. The molecule has 0 bridgehead atoms. The van der Waals surface area contributed by atoms with Gasteiger partial charge in [-0.3, -0.25) is 4.79 Å². The van der Waals surface area contributed by atoms with E-state index in [-0.39, 0.29) is 11.7 Å². The standard InChI is InChI=1S/C28H39ClN2O/c1-19-14-20(2)26(28(32)15-19)7-5-6-23-16-24(29)17-27(21(23)3)30(4)25-10-12-31(13-11-25)18-22-8-9-22/h14-17,22,25-26H,5-13,18H2,1-4H3. The van der Waals surface area contributed by atoms with Crippen LogP contribution in [0.1, 0.15) is 63.5 Å². The lowest BCUT2D eigenvalue weighted by atomic mass is 9.84. The number of rotatable bonds is 8. The molecular formula is C28H39ClN2O. The second kappa shape index (κ2) is 10.1. The molecule has 0 N–H and O–H groups in total. The Bertz CT molecular complexity index is 906. The van der Waals surface area contributed by atoms with Crippen molar-refractivity contribution in [1.82, 2.24) is 4.90 Å². The predicted octanol–water partition coefficient (Wildman–Crippen LogP) is 6.37. The summed E-state index contributed by atoms with van der Waals surface area (Å²) in [5.41, 5.74) is 6.21. The first kappa shape index (κ1) is 23.6. The molecule has 1 atom stereocenters. The number of piperidine rings is 1. The molecule has 0 radical (unpaired) electrons. The van der Waals surface area contributed by atoms with Crippen LogP contribution in [0.3, 0.4) is 0 Å². The monoisotopic (exact) mass is 454 g/mol. The number of aryl methyl sites for hydroxylation is 1. The van der Waals surface area contributed by atoms with Gasteiger partial charge in [-0.05, 0) is 107 Å². The van der Waals surface area contributed by atoms with E-state index in [0.717, 1.165) is 35.8 Å². The smallest absolute Gasteiger partial charge is 0.163 e. The van der Waals surface area contributed by atoms with Gasteiger partial charge in [-0.1, -0.05) is 23.3 Å². The molecule has 0 spiro atoms. The van der Waals surface area contributed by atoms with E-state index in [2.05, 4.69) is 48.9 Å². The van der Waals surface area contributed by atoms with Crippen molar-refractivity contribution in [3.63, 3.8) is 0 Å². The molecule has 3 nitrogen and oxygen atoms in total. The van der Waals surface area contributed by atoms with Gasteiger partial charge in [-0.25, -0.2) is 0 Å². The number of carbonyl (C=O) groups is 1. The largest absolute Gasteiger partial charge is 0.371 e. The molecule has 4 rings (SSSR count). The quantitative estimate of drug-likeness (QED) is 0.455. The summed E-state index contributed by atoms with van der Waals surface area (Å²) in [6.45, 7) is 10.1. The Balaban J connectivity index is 1.37. The Labute approximate surface area is 199 Å². The Morgan fingerprint density at radius 1 is 1.06 bits per heavy atom. The third-order valence-corrected chi connectivity index (χ3v) is 8.03. The number of hydrogen-bond acceptors (Lipinski definition) is 3. The number of benzene rings is 1. The van der Waals surface area contributed by atoms with Gasteiger partial charge in [-0.15, -0.1) is 0 Å². The highest BCUT2D eigenvalue weighted by Crippen LogP contribution is 2.34. The molecule has 1 aromatic carbocycles. The van der Waals surface area contributed by atoms with E-state index in [1.807, 2.05) is 6.92 Å². The van der Waals surface area contributed by atoms with Crippen molar-refractivity contribution in [2.75, 3.05) is 31.6 Å². The van der Waals surface area contributed by atoms with Gasteiger partial charge < -0.3 is 9.80 Å². The first-order valence-electron chi connectivity index (χ1n) is 12.5. The normalized spacial score (nSPS) is 22.7. The molecule has 1 heterocycles. The minimum Gasteiger partial charge on any atom is -0.371 e. The number of ketones is 1. The van der Waals surface area contributed by atoms with Gasteiger partial charge >= 0.3 is 0 Å². The number of hydrogen-bond donors (Lipinski definition) is 0. The summed E-state index contributed by atoms with van der Waals surface area (Å²) < 4.78 is 0. The first-order valence-corrected chi connectivity index (χ1v) is 12.8. The van der Waals surface area contributed by atoms with Crippen LogP contribution in [0.4, 0.5) is 5.69 Å². The maximum Gasteiger partial charge on any atom is 0.163 e. The third-order valence-electron chi connectivity index (χ3n) is 7.81. The summed E-state index contributed by atoms with van der Waals surface area (Å²) in [4.78, 5) is 17.6. The van der Waals surface area contributed by atoms with Crippen LogP contribution in [0.5, 0.6) is 0 Å². The number of nitrogens with zero attached hydrogens (tertiary/aromatic N) is 2. The lowest BCUT2D eigenvalue weighted by Crippen LogP contribution is -2.44. The molecule has 2 aliphatic carbocycles. The van der Waals surface area contributed by atoms with E-state index < -0.39 is 0 Å². The van der Waals surface area contributed by atoms with Crippen LogP contribution >= 0.6 is 11.6 Å². The van der Waals surface area contributed by atoms with Crippen LogP contribution in [0.25, 0.3) is 0 Å². The van der Waals surface area contributed by atoms with Gasteiger partial charge in [0.1, 0.15) is 0 Å². The Morgan fingerprint density at radius 2 is 1.78 bits per heavy atom. The summed E-state index contributed by atoms with van der Waals surface area (Å²) >= 11 is 6.58. The topological polar surface area (TPSA) is 23.6 Å². The van der Waals surface area contributed by atoms with Crippen LogP contribution < -0.4 is 4.90 Å². The van der Waals surface area contributed by atoms with E-state index in [0.29, 0.717) is 6.04 Å². The number of likely N-dealkylation sites (tertiary alicyclic amines) is 1. The molecular weight excluding hydrogens is 416 g/mol. The van der Waals surface area contributed by atoms with E-state index in [1.165, 1.54) is 67.7 Å². The second-order valence-corrected chi connectivity index (χ2v) is 10.9. The second-order valence-electron chi connectivity index (χ2n) is 10.4. The van der Waals surface area contributed by atoms with Crippen LogP contribution in [-0.4, -0.2) is 43.4 Å². The summed E-state index contributed by atoms with van der Waals surface area (Å²) in [5.74, 6) is 1.28. The molecule has 0 amide bonds. The van der Waals surface area contributed by atoms with Crippen molar-refractivity contribution in [3.8, 4) is 0 Å². The number of carbonyl (C=O) groups excluding carboxylic acids is 1.